The van der Waals surface area contributed by atoms with Gasteiger partial charge in [-0.05, 0) is 25.5 Å². The fourth-order valence-electron chi connectivity index (χ4n) is 1.67. The maximum absolute atomic E-state index is 10.7. The number of aromatic nitrogens is 2. The molecule has 0 saturated carbocycles. The largest absolute Gasteiger partial charge is 0.419 e. The van der Waals surface area contributed by atoms with Crippen LogP contribution in [-0.2, 0) is 0 Å². The number of nitro groups is 1. The average molecular weight is 262 g/mol. The number of nitrogens with two attached hydrogens (primary N) is 1. The lowest BCUT2D eigenvalue weighted by Gasteiger charge is -2.01. The van der Waals surface area contributed by atoms with E-state index < -0.39 is 4.92 Å². The zero-order valence-electron chi connectivity index (χ0n) is 10.7. The Morgan fingerprint density at radius 3 is 2.79 bits per heavy atom. The van der Waals surface area contributed by atoms with E-state index in [2.05, 4.69) is 10.2 Å². The summed E-state index contributed by atoms with van der Waals surface area (Å²) in [5.41, 5.74) is 7.04. The molecule has 1 heterocycles. The molecule has 0 aliphatic heterocycles. The number of hydrogen-bond donors (Lipinski definition) is 1. The first-order valence-corrected chi connectivity index (χ1v) is 5.87. The highest BCUT2D eigenvalue weighted by atomic mass is 16.6. The van der Waals surface area contributed by atoms with Crippen LogP contribution in [0, 0.1) is 17.0 Å². The minimum atomic E-state index is -0.425. The smallest absolute Gasteiger partial charge is 0.272 e. The van der Waals surface area contributed by atoms with Crippen molar-refractivity contribution >= 4 is 5.69 Å². The molecule has 0 fully saturated rings. The Kier molecular flexibility index (Phi) is 3.57. The molecule has 0 radical (unpaired) electrons. The molecule has 0 aliphatic carbocycles. The van der Waals surface area contributed by atoms with Crippen LogP contribution in [0.25, 0.3) is 11.5 Å². The number of hydrogen-bond acceptors (Lipinski definition) is 6. The second-order valence-corrected chi connectivity index (χ2v) is 4.22. The standard InChI is InChI=1S/C12H14N4O3/c1-3-9(13)12-15-14-11(19-12)8-4-5-10(16(17)18)7(2)6-8/h4-6,9H,3,13H2,1-2H3. The summed E-state index contributed by atoms with van der Waals surface area (Å²) in [6.07, 6.45) is 0.695. The van der Waals surface area contributed by atoms with Crippen molar-refractivity contribution in [3.05, 3.63) is 39.8 Å². The lowest BCUT2D eigenvalue weighted by Crippen LogP contribution is -2.08. The van der Waals surface area contributed by atoms with E-state index in [0.29, 0.717) is 29.3 Å². The Hall–Kier alpha value is -2.28. The van der Waals surface area contributed by atoms with Crippen molar-refractivity contribution in [3.63, 3.8) is 0 Å². The zero-order chi connectivity index (χ0) is 14.0. The van der Waals surface area contributed by atoms with Crippen LogP contribution in [0.5, 0.6) is 0 Å². The Labute approximate surface area is 109 Å². The molecule has 19 heavy (non-hydrogen) atoms. The van der Waals surface area contributed by atoms with Crippen molar-refractivity contribution in [1.82, 2.24) is 10.2 Å². The van der Waals surface area contributed by atoms with E-state index in [1.165, 1.54) is 6.07 Å². The highest BCUT2D eigenvalue weighted by Gasteiger charge is 2.16. The van der Waals surface area contributed by atoms with Crippen LogP contribution in [0.4, 0.5) is 5.69 Å². The lowest BCUT2D eigenvalue weighted by atomic mass is 10.1. The molecule has 1 aromatic heterocycles. The lowest BCUT2D eigenvalue weighted by molar-refractivity contribution is -0.385. The molecule has 1 atom stereocenters. The van der Waals surface area contributed by atoms with Crippen LogP contribution < -0.4 is 5.73 Å². The maximum Gasteiger partial charge on any atom is 0.272 e. The minimum absolute atomic E-state index is 0.0637. The first kappa shape index (κ1) is 13.2. The number of aryl methyl sites for hydroxylation is 1. The summed E-state index contributed by atoms with van der Waals surface area (Å²) in [6, 6.07) is 4.36. The molecular formula is C12H14N4O3. The molecule has 0 saturated heterocycles. The molecule has 7 nitrogen and oxygen atoms in total. The summed E-state index contributed by atoms with van der Waals surface area (Å²) in [5.74, 6) is 0.686. The minimum Gasteiger partial charge on any atom is -0.419 e. The van der Waals surface area contributed by atoms with Gasteiger partial charge in [-0.25, -0.2) is 0 Å². The molecule has 0 aliphatic rings. The molecule has 1 unspecified atom stereocenters. The second-order valence-electron chi connectivity index (χ2n) is 4.22. The molecule has 1 aromatic carbocycles. The maximum atomic E-state index is 10.7. The van der Waals surface area contributed by atoms with Gasteiger partial charge in [-0.2, -0.15) is 0 Å². The fraction of sp³-hybridized carbons (Fsp3) is 0.333. The van der Waals surface area contributed by atoms with Crippen molar-refractivity contribution < 1.29 is 9.34 Å². The molecule has 2 rings (SSSR count). The predicted molar refractivity (Wildman–Crippen MR) is 68.3 cm³/mol. The summed E-state index contributed by atoms with van der Waals surface area (Å²) < 4.78 is 5.46. The number of benzene rings is 1. The Morgan fingerprint density at radius 2 is 2.21 bits per heavy atom. The summed E-state index contributed by atoms with van der Waals surface area (Å²) in [6.45, 7) is 3.58. The van der Waals surface area contributed by atoms with Gasteiger partial charge < -0.3 is 10.2 Å². The summed E-state index contributed by atoms with van der Waals surface area (Å²) in [4.78, 5) is 10.3. The van der Waals surface area contributed by atoms with Gasteiger partial charge in [-0.15, -0.1) is 10.2 Å². The molecule has 0 amide bonds. The van der Waals surface area contributed by atoms with Crippen LogP contribution in [0.15, 0.2) is 22.6 Å². The Morgan fingerprint density at radius 1 is 1.47 bits per heavy atom. The van der Waals surface area contributed by atoms with Gasteiger partial charge in [0.25, 0.3) is 5.69 Å². The molecular weight excluding hydrogens is 248 g/mol. The molecule has 100 valence electrons. The molecule has 7 heteroatoms. The van der Waals surface area contributed by atoms with Crippen molar-refractivity contribution in [1.29, 1.82) is 0 Å². The first-order chi connectivity index (χ1) is 9.02. The van der Waals surface area contributed by atoms with Gasteiger partial charge in [0.05, 0.1) is 11.0 Å². The van der Waals surface area contributed by atoms with E-state index in [9.17, 15) is 10.1 Å². The van der Waals surface area contributed by atoms with E-state index in [1.807, 2.05) is 6.92 Å². The van der Waals surface area contributed by atoms with Crippen LogP contribution in [0.2, 0.25) is 0 Å². The van der Waals surface area contributed by atoms with Gasteiger partial charge in [0.1, 0.15) is 0 Å². The topological polar surface area (TPSA) is 108 Å². The van der Waals surface area contributed by atoms with Gasteiger partial charge in [-0.1, -0.05) is 6.92 Å². The van der Waals surface area contributed by atoms with Gasteiger partial charge >= 0.3 is 0 Å². The van der Waals surface area contributed by atoms with Crippen molar-refractivity contribution in [2.75, 3.05) is 0 Å². The van der Waals surface area contributed by atoms with Crippen LogP contribution in [-0.4, -0.2) is 15.1 Å². The highest BCUT2D eigenvalue weighted by molar-refractivity contribution is 5.58. The second kappa shape index (κ2) is 5.15. The van der Waals surface area contributed by atoms with Gasteiger partial charge in [0, 0.05) is 17.2 Å². The molecule has 0 bridgehead atoms. The average Bonchev–Trinajstić information content (AvgIpc) is 2.86. The van der Waals surface area contributed by atoms with Crippen molar-refractivity contribution in [3.8, 4) is 11.5 Å². The van der Waals surface area contributed by atoms with Crippen LogP contribution >= 0.6 is 0 Å². The Balaban J connectivity index is 2.35. The van der Waals surface area contributed by atoms with Crippen molar-refractivity contribution in [2.45, 2.75) is 26.3 Å². The van der Waals surface area contributed by atoms with Gasteiger partial charge in [0.2, 0.25) is 11.8 Å². The van der Waals surface area contributed by atoms with E-state index >= 15 is 0 Å². The molecule has 2 aromatic rings. The van der Waals surface area contributed by atoms with E-state index in [-0.39, 0.29) is 11.7 Å². The van der Waals surface area contributed by atoms with Crippen LogP contribution in [0.1, 0.15) is 30.8 Å². The highest BCUT2D eigenvalue weighted by Crippen LogP contribution is 2.26. The SMILES string of the molecule is CCC(N)c1nnc(-c2ccc([N+](=O)[O-])c(C)c2)o1. The summed E-state index contributed by atoms with van der Waals surface area (Å²) in [5, 5.41) is 18.5. The zero-order valence-corrected chi connectivity index (χ0v) is 10.7. The van der Waals surface area contributed by atoms with E-state index in [1.54, 1.807) is 19.1 Å². The van der Waals surface area contributed by atoms with Gasteiger partial charge in [-0.3, -0.25) is 10.1 Å². The third kappa shape index (κ3) is 2.60. The summed E-state index contributed by atoms with van der Waals surface area (Å²) in [7, 11) is 0. The third-order valence-corrected chi connectivity index (χ3v) is 2.84. The van der Waals surface area contributed by atoms with Crippen LogP contribution in [0.3, 0.4) is 0 Å². The van der Waals surface area contributed by atoms with E-state index in [4.69, 9.17) is 10.2 Å². The number of nitro benzene ring substituents is 1. The number of rotatable bonds is 4. The van der Waals surface area contributed by atoms with Gasteiger partial charge in [0.15, 0.2) is 0 Å². The monoisotopic (exact) mass is 262 g/mol. The summed E-state index contributed by atoms with van der Waals surface area (Å²) >= 11 is 0. The fourth-order valence-corrected chi connectivity index (χ4v) is 1.67. The van der Waals surface area contributed by atoms with Crippen molar-refractivity contribution in [2.24, 2.45) is 5.73 Å². The quantitative estimate of drug-likeness (QED) is 0.669. The third-order valence-electron chi connectivity index (χ3n) is 2.84. The number of nitrogens with zero attached hydrogens (tertiary/aromatic N) is 3. The Bertz CT molecular complexity index is 609. The van der Waals surface area contributed by atoms with E-state index in [0.717, 1.165) is 0 Å². The molecule has 2 N–H and O–H groups in total. The first-order valence-electron chi connectivity index (χ1n) is 5.87. The predicted octanol–water partition coefficient (Wildman–Crippen LogP) is 2.36. The normalized spacial score (nSPS) is 12.4. The molecule has 0 spiro atoms.